The number of hydrogen-bond acceptors (Lipinski definition) is 6. The van der Waals surface area contributed by atoms with Gasteiger partial charge in [0.25, 0.3) is 0 Å². The van der Waals surface area contributed by atoms with Gasteiger partial charge in [-0.2, -0.15) is 8.42 Å². The number of rotatable bonds is 3. The highest BCUT2D eigenvalue weighted by Gasteiger charge is 2.26. The second-order valence-corrected chi connectivity index (χ2v) is 4.24. The van der Waals surface area contributed by atoms with Crippen LogP contribution in [-0.4, -0.2) is 48.5 Å². The molecular weight excluding hydrogens is 224 g/mol. The minimum atomic E-state index is -4.73. The van der Waals surface area contributed by atoms with Crippen LogP contribution in [0.4, 0.5) is 0 Å². The molecule has 0 aliphatic carbocycles. The van der Waals surface area contributed by atoms with Crippen molar-refractivity contribution < 1.29 is 21.9 Å². The summed E-state index contributed by atoms with van der Waals surface area (Å²) in [4.78, 5) is 14.6. The fraction of sp³-hybridized carbons (Fsp3) is 0.571. The molecule has 1 atom stereocenters. The first-order valence-corrected chi connectivity index (χ1v) is 5.51. The number of carbonyl (C=O) groups is 1. The van der Waals surface area contributed by atoms with E-state index in [1.165, 1.54) is 6.92 Å². The molecule has 0 fully saturated rings. The van der Waals surface area contributed by atoms with Crippen LogP contribution in [0.3, 0.4) is 0 Å². The van der Waals surface area contributed by atoms with Crippen LogP contribution in [0.5, 0.6) is 0 Å². The second kappa shape index (κ2) is 4.07. The zero-order chi connectivity index (χ0) is 11.6. The molecule has 0 radical (unpaired) electrons. The maximum absolute atomic E-state index is 11.2. The molecule has 1 aliphatic heterocycles. The van der Waals surface area contributed by atoms with Crippen molar-refractivity contribution in [3.63, 3.8) is 0 Å². The molecule has 0 aromatic carbocycles. The molecule has 0 saturated heterocycles. The Morgan fingerprint density at radius 3 is 2.53 bits per heavy atom. The Morgan fingerprint density at radius 1 is 1.53 bits per heavy atom. The van der Waals surface area contributed by atoms with E-state index in [2.05, 4.69) is 4.18 Å². The van der Waals surface area contributed by atoms with E-state index in [1.807, 2.05) is 0 Å². The Balaban J connectivity index is 2.58. The molecule has 86 valence electrons. The molecule has 0 bridgehead atoms. The molecule has 0 saturated carbocycles. The summed E-state index contributed by atoms with van der Waals surface area (Å²) in [7, 11) is -2.92. The van der Waals surface area contributed by atoms with E-state index in [9.17, 15) is 13.2 Å². The summed E-state index contributed by atoms with van der Waals surface area (Å²) < 4.78 is 32.7. The van der Waals surface area contributed by atoms with Gasteiger partial charge < -0.3 is 14.0 Å². The van der Waals surface area contributed by atoms with Crippen molar-refractivity contribution in [2.24, 2.45) is 0 Å². The Hall–Kier alpha value is -1.28. The van der Waals surface area contributed by atoms with Gasteiger partial charge in [-0.05, 0) is 6.92 Å². The third-order valence-electron chi connectivity index (χ3n) is 1.93. The number of nitrogens with zero attached hydrogens (tertiary/aromatic N) is 2. The summed E-state index contributed by atoms with van der Waals surface area (Å²) in [5.41, 5.74) is 0. The van der Waals surface area contributed by atoms with Crippen LogP contribution >= 0.6 is 0 Å². The zero-order valence-electron chi connectivity index (χ0n) is 8.32. The smallest absolute Gasteiger partial charge is 0.362 e. The van der Waals surface area contributed by atoms with E-state index in [0.29, 0.717) is 6.67 Å². The van der Waals surface area contributed by atoms with Crippen molar-refractivity contribution in [3.05, 3.63) is 12.4 Å². The van der Waals surface area contributed by atoms with E-state index in [0.717, 1.165) is 0 Å². The summed E-state index contributed by atoms with van der Waals surface area (Å²) in [6, 6.07) is -0.770. The van der Waals surface area contributed by atoms with Gasteiger partial charge in [-0.3, -0.25) is 4.55 Å². The lowest BCUT2D eigenvalue weighted by molar-refractivity contribution is -0.139. The predicted octanol–water partition coefficient (Wildman–Crippen LogP) is -0.603. The van der Waals surface area contributed by atoms with Gasteiger partial charge in [-0.15, -0.1) is 0 Å². The van der Waals surface area contributed by atoms with Gasteiger partial charge in [0.1, 0.15) is 6.04 Å². The highest BCUT2D eigenvalue weighted by Crippen LogP contribution is 2.10. The maximum atomic E-state index is 11.2. The van der Waals surface area contributed by atoms with Gasteiger partial charge in [-0.1, -0.05) is 0 Å². The van der Waals surface area contributed by atoms with Gasteiger partial charge in [-0.25, -0.2) is 4.79 Å². The highest BCUT2D eigenvalue weighted by molar-refractivity contribution is 7.81. The molecule has 15 heavy (non-hydrogen) atoms. The minimum Gasteiger partial charge on any atom is -0.362 e. The van der Waals surface area contributed by atoms with Gasteiger partial charge in [0, 0.05) is 19.4 Å². The lowest BCUT2D eigenvalue weighted by Crippen LogP contribution is -2.38. The summed E-state index contributed by atoms with van der Waals surface area (Å²) in [6.07, 6.45) is 3.37. The van der Waals surface area contributed by atoms with Crippen molar-refractivity contribution in [2.75, 3.05) is 13.7 Å². The molecule has 1 unspecified atom stereocenters. The number of carbonyl (C=O) groups excluding carboxylic acids is 1. The highest BCUT2D eigenvalue weighted by atomic mass is 32.3. The van der Waals surface area contributed by atoms with Crippen molar-refractivity contribution in [3.8, 4) is 0 Å². The average Bonchev–Trinajstić information content (AvgIpc) is 2.47. The van der Waals surface area contributed by atoms with Gasteiger partial charge >= 0.3 is 16.4 Å². The largest absolute Gasteiger partial charge is 0.449 e. The number of hydrogen-bond donors (Lipinski definition) is 1. The zero-order valence-corrected chi connectivity index (χ0v) is 9.14. The standard InChI is InChI=1S/C7H12N2O5S/c1-6(7(10)14-15(11,12)13)9-4-3-8(2)5-9/h3-4,6H,5H2,1-2H3,(H,11,12,13). The first-order chi connectivity index (χ1) is 6.79. The summed E-state index contributed by atoms with van der Waals surface area (Å²) in [6.45, 7) is 1.94. The molecule has 1 rings (SSSR count). The Morgan fingerprint density at radius 2 is 2.13 bits per heavy atom. The minimum absolute atomic E-state index is 0.460. The van der Waals surface area contributed by atoms with Gasteiger partial charge in [0.05, 0.1) is 6.67 Å². The molecule has 8 heteroatoms. The topological polar surface area (TPSA) is 87.1 Å². The molecule has 7 nitrogen and oxygen atoms in total. The fourth-order valence-electron chi connectivity index (χ4n) is 1.11. The van der Waals surface area contributed by atoms with Crippen LogP contribution < -0.4 is 0 Å². The van der Waals surface area contributed by atoms with Gasteiger partial charge in [0.2, 0.25) is 0 Å². The van der Waals surface area contributed by atoms with Crippen LogP contribution in [0.2, 0.25) is 0 Å². The van der Waals surface area contributed by atoms with Crippen molar-refractivity contribution >= 4 is 16.4 Å². The monoisotopic (exact) mass is 236 g/mol. The second-order valence-electron chi connectivity index (χ2n) is 3.22. The molecule has 0 amide bonds. The van der Waals surface area contributed by atoms with Crippen LogP contribution in [0.25, 0.3) is 0 Å². The van der Waals surface area contributed by atoms with E-state index in [4.69, 9.17) is 4.55 Å². The van der Waals surface area contributed by atoms with Gasteiger partial charge in [0.15, 0.2) is 0 Å². The van der Waals surface area contributed by atoms with Crippen molar-refractivity contribution in [1.29, 1.82) is 0 Å². The first-order valence-electron chi connectivity index (χ1n) is 4.14. The predicted molar refractivity (Wildman–Crippen MR) is 50.7 cm³/mol. The van der Waals surface area contributed by atoms with E-state index in [1.54, 1.807) is 29.2 Å². The third kappa shape index (κ3) is 3.40. The molecule has 0 spiro atoms. The molecule has 1 heterocycles. The third-order valence-corrected chi connectivity index (χ3v) is 2.30. The Labute approximate surface area is 87.9 Å². The summed E-state index contributed by atoms with van der Waals surface area (Å²) in [5.74, 6) is -1.02. The molecular formula is C7H12N2O5S. The lowest BCUT2D eigenvalue weighted by atomic mass is 10.3. The lowest BCUT2D eigenvalue weighted by Gasteiger charge is -2.22. The van der Waals surface area contributed by atoms with Crippen LogP contribution in [0.15, 0.2) is 12.4 Å². The Kier molecular flexibility index (Phi) is 3.20. The van der Waals surface area contributed by atoms with Crippen LogP contribution in [0.1, 0.15) is 6.92 Å². The van der Waals surface area contributed by atoms with Crippen LogP contribution in [-0.2, 0) is 19.4 Å². The normalized spacial score (nSPS) is 18.1. The van der Waals surface area contributed by atoms with E-state index < -0.39 is 22.4 Å². The maximum Gasteiger partial charge on any atom is 0.449 e. The summed E-state index contributed by atoms with van der Waals surface area (Å²) in [5, 5.41) is 0. The Bertz CT molecular complexity index is 377. The first kappa shape index (κ1) is 11.8. The van der Waals surface area contributed by atoms with E-state index in [-0.39, 0.29) is 0 Å². The SMILES string of the molecule is CC(C(=O)OS(=O)(=O)O)N1C=CN(C)C1. The quantitative estimate of drug-likeness (QED) is 0.654. The van der Waals surface area contributed by atoms with Crippen molar-refractivity contribution in [2.45, 2.75) is 13.0 Å². The van der Waals surface area contributed by atoms with Crippen molar-refractivity contribution in [1.82, 2.24) is 9.80 Å². The summed E-state index contributed by atoms with van der Waals surface area (Å²) >= 11 is 0. The fourth-order valence-corrected chi connectivity index (χ4v) is 1.46. The van der Waals surface area contributed by atoms with Crippen LogP contribution in [0, 0.1) is 0 Å². The molecule has 0 aromatic heterocycles. The molecule has 0 aromatic rings. The molecule has 1 N–H and O–H groups in total. The molecule has 1 aliphatic rings. The average molecular weight is 236 g/mol. The van der Waals surface area contributed by atoms with E-state index >= 15 is 0 Å².